The van der Waals surface area contributed by atoms with Gasteiger partial charge >= 0.3 is 35.2 Å². The van der Waals surface area contributed by atoms with Gasteiger partial charge in [0.15, 0.2) is 5.78 Å². The first kappa shape index (κ1) is 44.2. The summed E-state index contributed by atoms with van der Waals surface area (Å²) in [6.07, 6.45) is 3.06. The second-order valence-electron chi connectivity index (χ2n) is 11.1. The summed E-state index contributed by atoms with van der Waals surface area (Å²) >= 11 is 0. The summed E-state index contributed by atoms with van der Waals surface area (Å²) in [5.74, 6) is -0.0987. The largest absolute Gasteiger partial charge is 2.00 e. The van der Waals surface area contributed by atoms with E-state index in [9.17, 15) is 19.5 Å². The average molecular weight is 662 g/mol. The minimum Gasteiger partial charge on any atom is -1.00 e. The van der Waals surface area contributed by atoms with Crippen molar-refractivity contribution in [3.63, 3.8) is 0 Å². The number of Topliss-reactive ketones (excluding diaryl/α,β-unsaturated/α-hetero) is 1. The molecule has 0 spiro atoms. The third kappa shape index (κ3) is 22.0. The third-order valence-corrected chi connectivity index (χ3v) is 4.97. The molecule has 13 heteroatoms. The van der Waals surface area contributed by atoms with Crippen LogP contribution < -0.4 is 17.0 Å². The fourth-order valence-corrected chi connectivity index (χ4v) is 3.18. The number of halogens is 1. The molecule has 1 atom stereocenters. The molecule has 0 saturated carbocycles. The van der Waals surface area contributed by atoms with Gasteiger partial charge in [0.25, 0.3) is 0 Å². The number of rotatable bonds is 1. The number of hydrogen-bond donors (Lipinski definition) is 1. The molecular formula is C28H49BrMgN2O9. The van der Waals surface area contributed by atoms with Gasteiger partial charge in [0.05, 0.1) is 32.9 Å². The van der Waals surface area contributed by atoms with Crippen LogP contribution in [0.1, 0.15) is 54.4 Å². The molecule has 0 bridgehead atoms. The summed E-state index contributed by atoms with van der Waals surface area (Å²) in [5, 5.41) is 10.1. The molecule has 2 amide bonds. The number of carbonyl (C=O) groups is 3. The van der Waals surface area contributed by atoms with Crippen LogP contribution in [0.3, 0.4) is 0 Å². The fourth-order valence-electron chi connectivity index (χ4n) is 3.18. The van der Waals surface area contributed by atoms with Gasteiger partial charge in [-0.2, -0.15) is 0 Å². The van der Waals surface area contributed by atoms with E-state index in [2.05, 4.69) is 19.7 Å². The van der Waals surface area contributed by atoms with Gasteiger partial charge in [-0.05, 0) is 54.4 Å². The number of hydrogen-bond acceptors (Lipinski definition) is 9. The SMILES string of the molecule is C1CCOC1.C=CC1(O)COCCN(C(=O)OC(C)(C)C)C1.CC(C)(C)OC(=O)N1CCOCC(=O)C1.[Br-].[CH-]=C.[Mg+2]. The Morgan fingerprint density at radius 3 is 1.80 bits per heavy atom. The van der Waals surface area contributed by atoms with E-state index in [1.54, 1.807) is 41.5 Å². The molecule has 3 rings (SSSR count). The van der Waals surface area contributed by atoms with Crippen LogP contribution in [-0.4, -0.2) is 139 Å². The first-order valence-electron chi connectivity index (χ1n) is 13.1. The molecule has 3 heterocycles. The maximum Gasteiger partial charge on any atom is 2.00 e. The van der Waals surface area contributed by atoms with Gasteiger partial charge in [-0.15, -0.1) is 6.58 Å². The summed E-state index contributed by atoms with van der Waals surface area (Å²) in [6, 6.07) is 0. The number of carbonyl (C=O) groups excluding carboxylic acids is 3. The molecule has 234 valence electrons. The van der Waals surface area contributed by atoms with Crippen molar-refractivity contribution < 1.29 is 60.2 Å². The van der Waals surface area contributed by atoms with Crippen LogP contribution >= 0.6 is 0 Å². The number of ether oxygens (including phenoxy) is 5. The summed E-state index contributed by atoms with van der Waals surface area (Å²) in [5.41, 5.74) is -2.28. The zero-order valence-electron chi connectivity index (χ0n) is 25.7. The van der Waals surface area contributed by atoms with E-state index >= 15 is 0 Å². The van der Waals surface area contributed by atoms with Crippen molar-refractivity contribution in [2.75, 3.05) is 65.8 Å². The van der Waals surface area contributed by atoms with E-state index in [1.807, 2.05) is 0 Å². The third-order valence-electron chi connectivity index (χ3n) is 4.97. The van der Waals surface area contributed by atoms with Gasteiger partial charge in [-0.3, -0.25) is 16.3 Å². The fraction of sp³-hybridized carbons (Fsp3) is 0.750. The van der Waals surface area contributed by atoms with Crippen LogP contribution in [0.4, 0.5) is 9.59 Å². The van der Waals surface area contributed by atoms with Gasteiger partial charge in [0.2, 0.25) is 0 Å². The van der Waals surface area contributed by atoms with Crippen LogP contribution in [0.5, 0.6) is 0 Å². The van der Waals surface area contributed by atoms with Crippen LogP contribution in [0.15, 0.2) is 19.2 Å². The maximum atomic E-state index is 11.9. The molecule has 0 aromatic heterocycles. The normalized spacial score (nSPS) is 20.7. The summed E-state index contributed by atoms with van der Waals surface area (Å²) in [4.78, 5) is 37.5. The van der Waals surface area contributed by atoms with Gasteiger partial charge in [0, 0.05) is 26.3 Å². The number of β-amino-alcohol motifs (C(OH)–C–C–N with tert-alkyl or cyclic N) is 1. The smallest absolute Gasteiger partial charge is 1.00 e. The zero-order valence-corrected chi connectivity index (χ0v) is 28.7. The van der Waals surface area contributed by atoms with Crippen molar-refractivity contribution >= 4 is 41.0 Å². The van der Waals surface area contributed by atoms with E-state index < -0.39 is 29.0 Å². The van der Waals surface area contributed by atoms with Crippen LogP contribution in [-0.2, 0) is 28.5 Å². The van der Waals surface area contributed by atoms with Crippen LogP contribution in [0.2, 0.25) is 0 Å². The van der Waals surface area contributed by atoms with E-state index in [1.165, 1.54) is 28.7 Å². The summed E-state index contributed by atoms with van der Waals surface area (Å²) in [6.45, 7) is 25.4. The van der Waals surface area contributed by atoms with Crippen LogP contribution in [0.25, 0.3) is 0 Å². The summed E-state index contributed by atoms with van der Waals surface area (Å²) in [7, 11) is 0. The van der Waals surface area contributed by atoms with E-state index in [0.717, 1.165) is 13.2 Å². The minimum absolute atomic E-state index is 0. The number of ketones is 1. The molecule has 3 saturated heterocycles. The molecule has 3 aliphatic rings. The van der Waals surface area contributed by atoms with E-state index in [-0.39, 0.29) is 72.1 Å². The van der Waals surface area contributed by atoms with Gasteiger partial charge in [-0.1, -0.05) is 6.08 Å². The Morgan fingerprint density at radius 1 is 0.902 bits per heavy atom. The molecule has 0 aliphatic carbocycles. The second-order valence-corrected chi connectivity index (χ2v) is 11.1. The van der Waals surface area contributed by atoms with Crippen molar-refractivity contribution in [1.29, 1.82) is 0 Å². The predicted molar refractivity (Wildman–Crippen MR) is 153 cm³/mol. The maximum absolute atomic E-state index is 11.9. The Morgan fingerprint density at radius 2 is 1.37 bits per heavy atom. The molecule has 1 N–H and O–H groups in total. The molecule has 3 aliphatic heterocycles. The Kier molecular flexibility index (Phi) is 24.1. The van der Waals surface area contributed by atoms with Crippen LogP contribution in [0, 0.1) is 6.58 Å². The van der Waals surface area contributed by atoms with Crippen molar-refractivity contribution in [3.05, 3.63) is 25.8 Å². The Balaban J connectivity index is -0.000000551. The molecule has 41 heavy (non-hydrogen) atoms. The molecular weight excluding hydrogens is 613 g/mol. The average Bonchev–Trinajstić information content (AvgIpc) is 3.27. The van der Waals surface area contributed by atoms with Gasteiger partial charge in [0.1, 0.15) is 23.4 Å². The van der Waals surface area contributed by atoms with Crippen molar-refractivity contribution in [2.45, 2.75) is 71.2 Å². The molecule has 0 radical (unpaired) electrons. The predicted octanol–water partition coefficient (Wildman–Crippen LogP) is 0.0190. The first-order valence-corrected chi connectivity index (χ1v) is 13.1. The zero-order chi connectivity index (χ0) is 30.1. The topological polar surface area (TPSA) is 124 Å². The second kappa shape index (κ2) is 22.3. The first-order chi connectivity index (χ1) is 18.1. The number of aliphatic hydroxyl groups is 1. The standard InChI is InChI=1S/C12H21NO4.C10H17NO4.C4H8O.C2H3.BrH.Mg/c1-5-12(15)8-13(6-7-16-9-12)10(14)17-11(2,3)4;1-10(2,3)15-9(13)11-4-5-14-7-8(12)6-11;1-2-4-5-3-1;1-2;;/h5,15H,1,6-9H2,2-4H3;4-7H2,1-3H3;1-4H2;1H,2H2;1H;/q;;;-1;;+2/p-1. The van der Waals surface area contributed by atoms with Crippen molar-refractivity contribution in [2.24, 2.45) is 0 Å². The quantitative estimate of drug-likeness (QED) is 0.235. The summed E-state index contributed by atoms with van der Waals surface area (Å²) < 4.78 is 25.6. The van der Waals surface area contributed by atoms with E-state index in [0.29, 0.717) is 26.3 Å². The molecule has 0 aromatic carbocycles. The monoisotopic (exact) mass is 660 g/mol. The Hall–Kier alpha value is -1.22. The molecule has 11 nitrogen and oxygen atoms in total. The number of amides is 2. The van der Waals surface area contributed by atoms with Crippen molar-refractivity contribution in [3.8, 4) is 0 Å². The molecule has 0 aromatic rings. The van der Waals surface area contributed by atoms with Crippen molar-refractivity contribution in [1.82, 2.24) is 9.80 Å². The van der Waals surface area contributed by atoms with E-state index in [4.69, 9.17) is 23.7 Å². The molecule has 1 unspecified atom stereocenters. The molecule has 3 fully saturated rings. The minimum atomic E-state index is -1.20. The number of nitrogens with zero attached hydrogens (tertiary/aromatic N) is 2. The Bertz CT molecular complexity index is 763. The Labute approximate surface area is 272 Å². The van der Waals surface area contributed by atoms with Gasteiger partial charge in [-0.25, -0.2) is 9.59 Å². The van der Waals surface area contributed by atoms with Gasteiger partial charge < -0.3 is 57.3 Å².